The summed E-state index contributed by atoms with van der Waals surface area (Å²) in [5, 5.41) is 1.20. The van der Waals surface area contributed by atoms with E-state index in [0.29, 0.717) is 17.8 Å². The molecule has 1 unspecified atom stereocenters. The largest absolute Gasteiger partial charge is 0.496 e. The summed E-state index contributed by atoms with van der Waals surface area (Å²) in [5.41, 5.74) is 9.68. The summed E-state index contributed by atoms with van der Waals surface area (Å²) in [5.74, 6) is 2.39. The predicted molar refractivity (Wildman–Crippen MR) is 133 cm³/mol. The summed E-state index contributed by atoms with van der Waals surface area (Å²) in [6.45, 7) is 22.9. The van der Waals surface area contributed by atoms with Crippen LogP contribution in [0.5, 0.6) is 5.75 Å². The minimum Gasteiger partial charge on any atom is -0.496 e. The van der Waals surface area contributed by atoms with Crippen LogP contribution in [0.15, 0.2) is 18.2 Å². The van der Waals surface area contributed by atoms with Crippen molar-refractivity contribution >= 4 is 14.5 Å². The number of benzene rings is 2. The molecule has 0 fully saturated rings. The van der Waals surface area contributed by atoms with Gasteiger partial charge in [-0.3, -0.25) is 0 Å². The Morgan fingerprint density at radius 2 is 1.48 bits per heavy atom. The third-order valence-electron chi connectivity index (χ3n) is 5.94. The van der Waals surface area contributed by atoms with Crippen LogP contribution < -0.4 is 10.0 Å². The highest BCUT2D eigenvalue weighted by Gasteiger charge is 2.29. The molecule has 0 spiro atoms. The first-order chi connectivity index (χ1) is 13.3. The van der Waals surface area contributed by atoms with Crippen LogP contribution in [-0.4, -0.2) is 7.11 Å². The van der Waals surface area contributed by atoms with Gasteiger partial charge in [-0.25, -0.2) is 0 Å². The fraction of sp³-hybridized carbons (Fsp3) is 0.556. The molecule has 0 aliphatic rings. The molecule has 0 bridgehead atoms. The summed E-state index contributed by atoms with van der Waals surface area (Å²) < 4.78 is 6.03. The SMILES string of the molecule is COc1c(P)c(C(C)(C)C)c(C)c(-c2ccc(C(C)C)cc2C(C)C)c1C(C)C. The monoisotopic (exact) mass is 412 g/mol. The molecule has 0 radical (unpaired) electrons. The number of hydrogen-bond donors (Lipinski definition) is 0. The highest BCUT2D eigenvalue weighted by molar-refractivity contribution is 7.28. The highest BCUT2D eigenvalue weighted by atomic mass is 31.0. The second kappa shape index (κ2) is 8.81. The zero-order valence-corrected chi connectivity index (χ0v) is 21.6. The first-order valence-electron chi connectivity index (χ1n) is 11.0. The molecule has 0 aliphatic heterocycles. The second-order valence-electron chi connectivity index (χ2n) is 10.3. The average molecular weight is 413 g/mol. The van der Waals surface area contributed by atoms with Crippen molar-refractivity contribution in [2.24, 2.45) is 0 Å². The van der Waals surface area contributed by atoms with Crippen molar-refractivity contribution in [1.29, 1.82) is 0 Å². The van der Waals surface area contributed by atoms with E-state index in [-0.39, 0.29) is 5.41 Å². The molecule has 1 nitrogen and oxygen atoms in total. The van der Waals surface area contributed by atoms with Gasteiger partial charge in [-0.15, -0.1) is 9.24 Å². The van der Waals surface area contributed by atoms with E-state index in [2.05, 4.69) is 96.7 Å². The first kappa shape index (κ1) is 23.9. The lowest BCUT2D eigenvalue weighted by molar-refractivity contribution is 0.410. The zero-order chi connectivity index (χ0) is 22.3. The van der Waals surface area contributed by atoms with Crippen LogP contribution in [0.2, 0.25) is 0 Å². The lowest BCUT2D eigenvalue weighted by Crippen LogP contribution is -2.24. The summed E-state index contributed by atoms with van der Waals surface area (Å²) in [7, 11) is 4.79. The Kier molecular flexibility index (Phi) is 7.27. The molecule has 0 heterocycles. The topological polar surface area (TPSA) is 9.23 Å². The van der Waals surface area contributed by atoms with E-state index in [1.54, 1.807) is 0 Å². The third kappa shape index (κ3) is 4.56. The molecule has 160 valence electrons. The second-order valence-corrected chi connectivity index (χ2v) is 10.9. The maximum absolute atomic E-state index is 6.03. The fourth-order valence-electron chi connectivity index (χ4n) is 4.63. The van der Waals surface area contributed by atoms with Crippen LogP contribution in [0.3, 0.4) is 0 Å². The molecule has 2 heteroatoms. The molecular formula is C27H41OP. The number of ether oxygens (including phenoxy) is 1. The van der Waals surface area contributed by atoms with Crippen LogP contribution in [0, 0.1) is 6.92 Å². The maximum atomic E-state index is 6.03. The molecule has 0 N–H and O–H groups in total. The van der Waals surface area contributed by atoms with Crippen molar-refractivity contribution in [1.82, 2.24) is 0 Å². The Hall–Kier alpha value is -1.33. The van der Waals surface area contributed by atoms with Gasteiger partial charge in [0.25, 0.3) is 0 Å². The Morgan fingerprint density at radius 3 is 1.90 bits per heavy atom. The summed E-state index contributed by atoms with van der Waals surface area (Å²) in [6.07, 6.45) is 0. The van der Waals surface area contributed by atoms with Crippen molar-refractivity contribution in [3.8, 4) is 16.9 Å². The van der Waals surface area contributed by atoms with Gasteiger partial charge < -0.3 is 4.74 Å². The quantitative estimate of drug-likeness (QED) is 0.455. The molecule has 2 aromatic carbocycles. The summed E-state index contributed by atoms with van der Waals surface area (Å²) >= 11 is 0. The first-order valence-corrected chi connectivity index (χ1v) is 11.5. The van der Waals surface area contributed by atoms with Crippen LogP contribution in [0.25, 0.3) is 11.1 Å². The van der Waals surface area contributed by atoms with Crippen LogP contribution in [0.1, 0.15) is 108 Å². The van der Waals surface area contributed by atoms with Gasteiger partial charge >= 0.3 is 0 Å². The van der Waals surface area contributed by atoms with Gasteiger partial charge in [-0.05, 0) is 63.5 Å². The number of methoxy groups -OCH3 is 1. The van der Waals surface area contributed by atoms with Crippen LogP contribution in [0.4, 0.5) is 0 Å². The van der Waals surface area contributed by atoms with Gasteiger partial charge in [-0.2, -0.15) is 0 Å². The standard InChI is InChI=1S/C27H41OP/c1-15(2)19-12-13-20(21(14-19)16(3)4)23-18(7)24(27(8,9)10)26(29)25(28-11)22(23)17(5)6/h12-17H,29H2,1-11H3. The predicted octanol–water partition coefficient (Wildman–Crippen LogP) is 7.84. The molecule has 2 aromatic rings. The Balaban J connectivity index is 3.06. The molecule has 0 aliphatic carbocycles. The Bertz CT molecular complexity index is 883. The lowest BCUT2D eigenvalue weighted by atomic mass is 9.76. The van der Waals surface area contributed by atoms with Gasteiger partial charge in [0.1, 0.15) is 5.75 Å². The number of rotatable bonds is 5. The van der Waals surface area contributed by atoms with E-state index in [1.165, 1.54) is 44.2 Å². The highest BCUT2D eigenvalue weighted by Crippen LogP contribution is 2.45. The zero-order valence-electron chi connectivity index (χ0n) is 20.4. The van der Waals surface area contributed by atoms with Gasteiger partial charge in [0, 0.05) is 10.9 Å². The van der Waals surface area contributed by atoms with Crippen molar-refractivity contribution in [2.45, 2.75) is 92.4 Å². The summed E-state index contributed by atoms with van der Waals surface area (Å²) in [4.78, 5) is 0. The van der Waals surface area contributed by atoms with Crippen LogP contribution in [-0.2, 0) is 5.41 Å². The van der Waals surface area contributed by atoms with E-state index < -0.39 is 0 Å². The van der Waals surface area contributed by atoms with Gasteiger partial charge in [0.05, 0.1) is 7.11 Å². The van der Waals surface area contributed by atoms with E-state index >= 15 is 0 Å². The average Bonchev–Trinajstić information content (AvgIpc) is 2.59. The smallest absolute Gasteiger partial charge is 0.130 e. The molecule has 0 aromatic heterocycles. The lowest BCUT2D eigenvalue weighted by Gasteiger charge is -2.32. The maximum Gasteiger partial charge on any atom is 0.130 e. The number of hydrogen-bond acceptors (Lipinski definition) is 1. The molecule has 0 saturated heterocycles. The molecule has 2 rings (SSSR count). The van der Waals surface area contributed by atoms with Gasteiger partial charge in [-0.1, -0.05) is 80.5 Å². The van der Waals surface area contributed by atoms with E-state index in [1.807, 2.05) is 7.11 Å². The van der Waals surface area contributed by atoms with E-state index in [9.17, 15) is 0 Å². The van der Waals surface area contributed by atoms with E-state index in [0.717, 1.165) is 5.75 Å². The Labute approximate surface area is 181 Å². The van der Waals surface area contributed by atoms with Gasteiger partial charge in [0.2, 0.25) is 0 Å². The fourth-order valence-corrected chi connectivity index (χ4v) is 5.55. The van der Waals surface area contributed by atoms with Gasteiger partial charge in [0.15, 0.2) is 0 Å². The van der Waals surface area contributed by atoms with Crippen molar-refractivity contribution in [3.05, 3.63) is 46.0 Å². The third-order valence-corrected chi connectivity index (χ3v) is 6.49. The molecule has 29 heavy (non-hydrogen) atoms. The van der Waals surface area contributed by atoms with Crippen molar-refractivity contribution in [3.63, 3.8) is 0 Å². The van der Waals surface area contributed by atoms with Crippen molar-refractivity contribution < 1.29 is 4.74 Å². The minimum atomic E-state index is 0.0363. The van der Waals surface area contributed by atoms with Crippen LogP contribution >= 0.6 is 9.24 Å². The minimum absolute atomic E-state index is 0.0363. The molecular weight excluding hydrogens is 371 g/mol. The summed E-state index contributed by atoms with van der Waals surface area (Å²) in [6, 6.07) is 7.09. The molecule has 1 atom stereocenters. The molecule has 0 amide bonds. The Morgan fingerprint density at radius 1 is 0.897 bits per heavy atom. The van der Waals surface area contributed by atoms with Crippen molar-refractivity contribution in [2.75, 3.05) is 7.11 Å². The normalized spacial score (nSPS) is 12.4. The molecule has 0 saturated carbocycles. The van der Waals surface area contributed by atoms with E-state index in [4.69, 9.17) is 4.74 Å².